The van der Waals surface area contributed by atoms with Crippen LogP contribution in [-0.4, -0.2) is 46.7 Å². The summed E-state index contributed by atoms with van der Waals surface area (Å²) in [6.45, 7) is 1.16. The lowest BCUT2D eigenvalue weighted by Crippen LogP contribution is -2.34. The van der Waals surface area contributed by atoms with Gasteiger partial charge < -0.3 is 20.1 Å². The van der Waals surface area contributed by atoms with Crippen LogP contribution in [0.25, 0.3) is 0 Å². The van der Waals surface area contributed by atoms with E-state index in [0.717, 1.165) is 17.7 Å². The number of rotatable bonds is 7. The van der Waals surface area contributed by atoms with Crippen LogP contribution in [0.15, 0.2) is 12.1 Å². The van der Waals surface area contributed by atoms with E-state index in [2.05, 4.69) is 6.92 Å². The molecule has 102 valence electrons. The lowest BCUT2D eigenvalue weighted by molar-refractivity contribution is -0.0466. The van der Waals surface area contributed by atoms with Gasteiger partial charge in [-0.1, -0.05) is 13.3 Å². The van der Waals surface area contributed by atoms with Gasteiger partial charge in [0.25, 0.3) is 0 Å². The van der Waals surface area contributed by atoms with E-state index in [1.165, 1.54) is 11.3 Å². The van der Waals surface area contributed by atoms with Gasteiger partial charge in [-0.05, 0) is 18.6 Å². The summed E-state index contributed by atoms with van der Waals surface area (Å²) in [5, 5.41) is 27.0. The largest absolute Gasteiger partial charge is 0.459 e. The second-order valence-electron chi connectivity index (χ2n) is 3.93. The second-order valence-corrected chi connectivity index (χ2v) is 5.10. The topological polar surface area (TPSA) is 87.0 Å². The van der Waals surface area contributed by atoms with Gasteiger partial charge in [-0.15, -0.1) is 11.3 Å². The molecule has 6 heteroatoms. The Hall–Kier alpha value is -0.950. The van der Waals surface area contributed by atoms with Crippen molar-refractivity contribution in [3.05, 3.63) is 21.9 Å². The van der Waals surface area contributed by atoms with E-state index < -0.39 is 24.8 Å². The Bertz CT molecular complexity index is 376. The number of aliphatic hydroxyl groups excluding tert-OH is 3. The second kappa shape index (κ2) is 7.48. The molecule has 0 aliphatic heterocycles. The van der Waals surface area contributed by atoms with E-state index >= 15 is 0 Å². The lowest BCUT2D eigenvalue weighted by Gasteiger charge is -2.14. The molecule has 0 saturated carbocycles. The number of carbonyl (C=O) groups excluding carboxylic acids is 1. The Labute approximate surface area is 110 Å². The van der Waals surface area contributed by atoms with Crippen molar-refractivity contribution in [2.45, 2.75) is 32.0 Å². The summed E-state index contributed by atoms with van der Waals surface area (Å²) in [5.41, 5.74) is 0. The molecule has 1 heterocycles. The molecule has 0 amide bonds. The highest BCUT2D eigenvalue weighted by atomic mass is 32.1. The highest BCUT2D eigenvalue weighted by Crippen LogP contribution is 2.19. The van der Waals surface area contributed by atoms with Crippen LogP contribution in [0, 0.1) is 0 Å². The highest BCUT2D eigenvalue weighted by Gasteiger charge is 2.18. The van der Waals surface area contributed by atoms with Gasteiger partial charge >= 0.3 is 5.97 Å². The maximum absolute atomic E-state index is 11.6. The van der Waals surface area contributed by atoms with E-state index in [-0.39, 0.29) is 6.61 Å². The Morgan fingerprint density at radius 3 is 2.72 bits per heavy atom. The van der Waals surface area contributed by atoms with Crippen LogP contribution in [-0.2, 0) is 11.2 Å². The molecule has 3 N–H and O–H groups in total. The molecule has 1 aromatic rings. The van der Waals surface area contributed by atoms with Gasteiger partial charge in [0, 0.05) is 4.88 Å². The van der Waals surface area contributed by atoms with Crippen molar-refractivity contribution < 1.29 is 24.9 Å². The molecule has 2 atom stereocenters. The fraction of sp³-hybridized carbons (Fsp3) is 0.583. The molecule has 0 aliphatic rings. The number of ether oxygens (including phenoxy) is 1. The van der Waals surface area contributed by atoms with E-state index in [0.29, 0.717) is 4.88 Å². The first-order valence-electron chi connectivity index (χ1n) is 5.81. The first-order chi connectivity index (χ1) is 8.58. The van der Waals surface area contributed by atoms with Crippen LogP contribution in [0.2, 0.25) is 0 Å². The van der Waals surface area contributed by atoms with E-state index in [1.807, 2.05) is 6.07 Å². The quantitative estimate of drug-likeness (QED) is 0.633. The maximum Gasteiger partial charge on any atom is 0.348 e. The average molecular weight is 274 g/mol. The number of hydrogen-bond acceptors (Lipinski definition) is 6. The van der Waals surface area contributed by atoms with Gasteiger partial charge in [0.1, 0.15) is 23.7 Å². The zero-order valence-electron chi connectivity index (χ0n) is 10.2. The zero-order valence-corrected chi connectivity index (χ0v) is 11.0. The van der Waals surface area contributed by atoms with Gasteiger partial charge in [0.05, 0.1) is 6.61 Å². The minimum Gasteiger partial charge on any atom is -0.459 e. The van der Waals surface area contributed by atoms with Crippen LogP contribution in [0.3, 0.4) is 0 Å². The van der Waals surface area contributed by atoms with E-state index in [1.54, 1.807) is 6.07 Å². The van der Waals surface area contributed by atoms with Crippen LogP contribution in [0.4, 0.5) is 0 Å². The van der Waals surface area contributed by atoms with E-state index in [4.69, 9.17) is 14.9 Å². The fourth-order valence-electron chi connectivity index (χ4n) is 1.33. The molecule has 0 bridgehead atoms. The first kappa shape index (κ1) is 15.1. The monoisotopic (exact) mass is 274 g/mol. The first-order valence-corrected chi connectivity index (χ1v) is 6.63. The third kappa shape index (κ3) is 4.38. The number of aryl methyl sites for hydroxylation is 1. The Kier molecular flexibility index (Phi) is 6.28. The molecule has 1 aromatic heterocycles. The summed E-state index contributed by atoms with van der Waals surface area (Å²) in [6, 6.07) is 3.57. The van der Waals surface area contributed by atoms with E-state index in [9.17, 15) is 9.90 Å². The number of aliphatic hydroxyl groups is 3. The molecule has 0 aromatic carbocycles. The van der Waals surface area contributed by atoms with Crippen LogP contribution in [0.5, 0.6) is 0 Å². The van der Waals surface area contributed by atoms with Gasteiger partial charge in [0.2, 0.25) is 0 Å². The minimum absolute atomic E-state index is 0.332. The molecule has 0 radical (unpaired) electrons. The molecular formula is C12H18O5S. The molecule has 18 heavy (non-hydrogen) atoms. The Morgan fingerprint density at radius 1 is 1.39 bits per heavy atom. The summed E-state index contributed by atoms with van der Waals surface area (Å²) in [6.07, 6.45) is -0.633. The summed E-state index contributed by atoms with van der Waals surface area (Å²) in [7, 11) is 0. The highest BCUT2D eigenvalue weighted by molar-refractivity contribution is 7.13. The van der Waals surface area contributed by atoms with Crippen molar-refractivity contribution in [2.24, 2.45) is 0 Å². The van der Waals surface area contributed by atoms with Crippen molar-refractivity contribution in [3.8, 4) is 0 Å². The molecule has 1 rings (SSSR count). The van der Waals surface area contributed by atoms with Crippen molar-refractivity contribution in [1.29, 1.82) is 0 Å². The average Bonchev–Trinajstić information content (AvgIpc) is 2.83. The summed E-state index contributed by atoms with van der Waals surface area (Å²) in [5.74, 6) is -0.522. The molecule has 0 saturated heterocycles. The standard InChI is InChI=1S/C12H18O5S/c1-2-3-8-4-5-11(18-8)12(16)17-7-10(15)9(14)6-13/h4-5,9-10,13-15H,2-3,6-7H2,1H3. The van der Waals surface area contributed by atoms with Gasteiger partial charge in [0.15, 0.2) is 0 Å². The third-order valence-corrected chi connectivity index (χ3v) is 3.50. The molecule has 5 nitrogen and oxygen atoms in total. The molecule has 2 unspecified atom stereocenters. The Balaban J connectivity index is 2.44. The molecular weight excluding hydrogens is 256 g/mol. The summed E-state index contributed by atoms with van der Waals surface area (Å²) >= 11 is 1.36. The Morgan fingerprint density at radius 2 is 2.11 bits per heavy atom. The van der Waals surface area contributed by atoms with Gasteiger partial charge in [-0.2, -0.15) is 0 Å². The van der Waals surface area contributed by atoms with Crippen LogP contribution in [0.1, 0.15) is 27.9 Å². The third-order valence-electron chi connectivity index (χ3n) is 2.38. The molecule has 0 aliphatic carbocycles. The van der Waals surface area contributed by atoms with Gasteiger partial charge in [-0.25, -0.2) is 4.79 Å². The van der Waals surface area contributed by atoms with Crippen LogP contribution >= 0.6 is 11.3 Å². The summed E-state index contributed by atoms with van der Waals surface area (Å²) < 4.78 is 4.85. The van der Waals surface area contributed by atoms with Gasteiger partial charge in [-0.3, -0.25) is 0 Å². The number of esters is 1. The SMILES string of the molecule is CCCc1ccc(C(=O)OCC(O)C(O)CO)s1. The lowest BCUT2D eigenvalue weighted by atomic mass is 10.2. The predicted molar refractivity (Wildman–Crippen MR) is 67.7 cm³/mol. The van der Waals surface area contributed by atoms with Crippen molar-refractivity contribution in [1.82, 2.24) is 0 Å². The van der Waals surface area contributed by atoms with Crippen LogP contribution < -0.4 is 0 Å². The van der Waals surface area contributed by atoms with Crippen molar-refractivity contribution in [2.75, 3.05) is 13.2 Å². The maximum atomic E-state index is 11.6. The summed E-state index contributed by atoms with van der Waals surface area (Å²) in [4.78, 5) is 13.2. The predicted octanol–water partition coefficient (Wildman–Crippen LogP) is 0.571. The van der Waals surface area contributed by atoms with Crippen molar-refractivity contribution >= 4 is 17.3 Å². The van der Waals surface area contributed by atoms with Crippen molar-refractivity contribution in [3.63, 3.8) is 0 Å². The fourth-order valence-corrected chi connectivity index (χ4v) is 2.34. The number of thiophene rings is 1. The smallest absolute Gasteiger partial charge is 0.348 e. The molecule has 0 fully saturated rings. The number of carbonyl (C=O) groups is 1. The minimum atomic E-state index is -1.29. The number of hydrogen-bond donors (Lipinski definition) is 3. The molecule has 0 spiro atoms. The zero-order chi connectivity index (χ0) is 13.5. The normalized spacial score (nSPS) is 14.2.